The fourth-order valence-electron chi connectivity index (χ4n) is 2.51. The van der Waals surface area contributed by atoms with E-state index in [1.165, 1.54) is 12.3 Å². The van der Waals surface area contributed by atoms with E-state index in [9.17, 15) is 20.2 Å². The van der Waals surface area contributed by atoms with E-state index in [0.29, 0.717) is 17.0 Å². The number of nitro groups is 1. The van der Waals surface area contributed by atoms with Gasteiger partial charge in [0.25, 0.3) is 11.2 Å². The van der Waals surface area contributed by atoms with Crippen LogP contribution in [-0.4, -0.2) is 14.9 Å². The van der Waals surface area contributed by atoms with Gasteiger partial charge in [-0.15, -0.1) is 0 Å². The minimum atomic E-state index is -0.501. The van der Waals surface area contributed by atoms with E-state index in [0.717, 1.165) is 11.1 Å². The highest BCUT2D eigenvalue weighted by atomic mass is 16.6. The lowest BCUT2D eigenvalue weighted by atomic mass is 9.99. The van der Waals surface area contributed by atoms with E-state index >= 15 is 0 Å². The lowest BCUT2D eigenvalue weighted by Gasteiger charge is -2.07. The van der Waals surface area contributed by atoms with Crippen molar-refractivity contribution in [1.29, 1.82) is 5.26 Å². The largest absolute Gasteiger partial charge is 0.325 e. The summed E-state index contributed by atoms with van der Waals surface area (Å²) in [6.07, 6.45) is 1.21. The molecule has 0 radical (unpaired) electrons. The number of hydrogen-bond acceptors (Lipinski definition) is 5. The third-order valence-corrected chi connectivity index (χ3v) is 3.73. The Balaban J connectivity index is 2.00. The third-order valence-electron chi connectivity index (χ3n) is 3.73. The molecular weight excluding hydrogens is 320 g/mol. The summed E-state index contributed by atoms with van der Waals surface area (Å²) >= 11 is 0. The average Bonchev–Trinajstić information content (AvgIpc) is 2.61. The summed E-state index contributed by atoms with van der Waals surface area (Å²) in [5, 5.41) is 19.9. The lowest BCUT2D eigenvalue weighted by Crippen LogP contribution is -2.12. The number of rotatable bonds is 3. The van der Waals surface area contributed by atoms with Crippen molar-refractivity contribution in [2.75, 3.05) is 0 Å². The summed E-state index contributed by atoms with van der Waals surface area (Å²) in [6.45, 7) is 1.75. The highest BCUT2D eigenvalue weighted by molar-refractivity contribution is 5.73. The van der Waals surface area contributed by atoms with Crippen LogP contribution in [0.1, 0.15) is 11.3 Å². The molecular formula is C18H12N4O3. The van der Waals surface area contributed by atoms with E-state index in [4.69, 9.17) is 0 Å². The number of aromatic amines is 1. The molecule has 3 rings (SSSR count). The second kappa shape index (κ2) is 6.37. The minimum absolute atomic E-state index is 0.0619. The number of aryl methyl sites for hydroxylation is 1. The molecule has 0 bridgehead atoms. The molecule has 2 heterocycles. The predicted molar refractivity (Wildman–Crippen MR) is 91.8 cm³/mol. The standard InChI is InChI=1S/C18H12N4O3/c1-11-8-15(16(9-19)18(23)21-11)12-2-4-13(5-3-12)17-7-6-14(10-20-17)22(24)25/h2-8,10H,1H3,(H,21,23). The first-order valence-electron chi connectivity index (χ1n) is 7.35. The van der Waals surface area contributed by atoms with Crippen LogP contribution in [0.25, 0.3) is 22.4 Å². The van der Waals surface area contributed by atoms with E-state index in [-0.39, 0.29) is 11.3 Å². The molecule has 7 nitrogen and oxygen atoms in total. The molecule has 0 atom stereocenters. The Labute approximate surface area is 142 Å². The van der Waals surface area contributed by atoms with Gasteiger partial charge in [0.05, 0.1) is 10.6 Å². The van der Waals surface area contributed by atoms with Crippen molar-refractivity contribution in [1.82, 2.24) is 9.97 Å². The van der Waals surface area contributed by atoms with Crippen molar-refractivity contribution in [2.24, 2.45) is 0 Å². The van der Waals surface area contributed by atoms with Crippen LogP contribution in [0.4, 0.5) is 5.69 Å². The number of nitriles is 1. The van der Waals surface area contributed by atoms with E-state index in [2.05, 4.69) is 9.97 Å². The van der Waals surface area contributed by atoms with Crippen molar-refractivity contribution < 1.29 is 4.92 Å². The first-order valence-corrected chi connectivity index (χ1v) is 7.35. The molecule has 0 aliphatic rings. The fourth-order valence-corrected chi connectivity index (χ4v) is 2.51. The van der Waals surface area contributed by atoms with E-state index < -0.39 is 10.5 Å². The van der Waals surface area contributed by atoms with Crippen LogP contribution < -0.4 is 5.56 Å². The van der Waals surface area contributed by atoms with Gasteiger partial charge in [-0.1, -0.05) is 24.3 Å². The Bertz CT molecular complexity index is 1050. The van der Waals surface area contributed by atoms with Crippen LogP contribution in [0.3, 0.4) is 0 Å². The van der Waals surface area contributed by atoms with Crippen LogP contribution in [0.2, 0.25) is 0 Å². The second-order valence-electron chi connectivity index (χ2n) is 5.42. The molecule has 1 N–H and O–H groups in total. The first kappa shape index (κ1) is 16.1. The molecule has 7 heteroatoms. The summed E-state index contributed by atoms with van der Waals surface area (Å²) < 4.78 is 0. The Hall–Kier alpha value is -3.79. The number of aromatic nitrogens is 2. The summed E-state index contributed by atoms with van der Waals surface area (Å²) in [6, 6.07) is 13.8. The van der Waals surface area contributed by atoms with Crippen molar-refractivity contribution >= 4 is 5.69 Å². The monoisotopic (exact) mass is 332 g/mol. The van der Waals surface area contributed by atoms with Crippen LogP contribution in [-0.2, 0) is 0 Å². The molecule has 3 aromatic rings. The van der Waals surface area contributed by atoms with Gasteiger partial charge in [-0.05, 0) is 24.6 Å². The van der Waals surface area contributed by atoms with E-state index in [1.54, 1.807) is 43.3 Å². The van der Waals surface area contributed by atoms with Gasteiger partial charge < -0.3 is 4.98 Å². The van der Waals surface area contributed by atoms with Crippen LogP contribution in [0.15, 0.2) is 53.5 Å². The summed E-state index contributed by atoms with van der Waals surface area (Å²) in [4.78, 5) is 28.8. The highest BCUT2D eigenvalue weighted by Crippen LogP contribution is 2.26. The summed E-state index contributed by atoms with van der Waals surface area (Å²) in [5.74, 6) is 0. The zero-order valence-electron chi connectivity index (χ0n) is 13.2. The molecule has 0 saturated heterocycles. The second-order valence-corrected chi connectivity index (χ2v) is 5.42. The smallest absolute Gasteiger partial charge is 0.287 e. The van der Waals surface area contributed by atoms with Gasteiger partial charge in [-0.25, -0.2) is 4.98 Å². The minimum Gasteiger partial charge on any atom is -0.325 e. The summed E-state index contributed by atoms with van der Waals surface area (Å²) in [5.41, 5.74) is 2.91. The molecule has 25 heavy (non-hydrogen) atoms. The number of H-pyrrole nitrogens is 1. The Morgan fingerprint density at radius 1 is 1.16 bits per heavy atom. The molecule has 1 aromatic carbocycles. The Kier molecular flexibility index (Phi) is 4.10. The SMILES string of the molecule is Cc1cc(-c2ccc(-c3ccc([N+](=O)[O-])cn3)cc2)c(C#N)c(=O)[nH]1. The van der Waals surface area contributed by atoms with Crippen molar-refractivity contribution in [2.45, 2.75) is 6.92 Å². The number of pyridine rings is 2. The van der Waals surface area contributed by atoms with E-state index in [1.807, 2.05) is 6.07 Å². The molecule has 0 aliphatic carbocycles. The lowest BCUT2D eigenvalue weighted by molar-refractivity contribution is -0.385. The van der Waals surface area contributed by atoms with Crippen LogP contribution in [0, 0.1) is 28.4 Å². The highest BCUT2D eigenvalue weighted by Gasteiger charge is 2.11. The molecule has 0 saturated carbocycles. The predicted octanol–water partition coefficient (Wildman–Crippen LogP) is 3.19. The fraction of sp³-hybridized carbons (Fsp3) is 0.0556. The van der Waals surface area contributed by atoms with Gasteiger partial charge in [0.2, 0.25) is 0 Å². The summed E-state index contributed by atoms with van der Waals surface area (Å²) in [7, 11) is 0. The van der Waals surface area contributed by atoms with Gasteiger partial charge in [0.1, 0.15) is 17.8 Å². The molecule has 0 fully saturated rings. The Morgan fingerprint density at radius 3 is 2.40 bits per heavy atom. The van der Waals surface area contributed by atoms with Crippen LogP contribution >= 0.6 is 0 Å². The first-order chi connectivity index (χ1) is 12.0. The van der Waals surface area contributed by atoms with Crippen LogP contribution in [0.5, 0.6) is 0 Å². The molecule has 0 spiro atoms. The maximum atomic E-state index is 11.9. The topological polar surface area (TPSA) is 113 Å². The number of nitrogens with one attached hydrogen (secondary N) is 1. The third kappa shape index (κ3) is 3.14. The van der Waals surface area contributed by atoms with Crippen molar-refractivity contribution in [3.63, 3.8) is 0 Å². The molecule has 0 aliphatic heterocycles. The van der Waals surface area contributed by atoms with Gasteiger partial charge in [-0.3, -0.25) is 14.9 Å². The van der Waals surface area contributed by atoms with Gasteiger partial charge in [0, 0.05) is 22.9 Å². The zero-order chi connectivity index (χ0) is 18.0. The normalized spacial score (nSPS) is 10.2. The Morgan fingerprint density at radius 2 is 1.84 bits per heavy atom. The maximum absolute atomic E-state index is 11.9. The van der Waals surface area contributed by atoms with Crippen molar-refractivity contribution in [3.8, 4) is 28.5 Å². The quantitative estimate of drug-likeness (QED) is 0.584. The average molecular weight is 332 g/mol. The number of nitrogens with zero attached hydrogens (tertiary/aromatic N) is 3. The number of benzene rings is 1. The zero-order valence-corrected chi connectivity index (χ0v) is 13.2. The molecule has 0 amide bonds. The van der Waals surface area contributed by atoms with Crippen molar-refractivity contribution in [3.05, 3.63) is 80.4 Å². The number of hydrogen-bond donors (Lipinski definition) is 1. The molecule has 2 aromatic heterocycles. The van der Waals surface area contributed by atoms with Gasteiger partial charge in [0.15, 0.2) is 0 Å². The molecule has 0 unspecified atom stereocenters. The van der Waals surface area contributed by atoms with Gasteiger partial charge >= 0.3 is 0 Å². The molecule has 122 valence electrons. The van der Waals surface area contributed by atoms with Gasteiger partial charge in [-0.2, -0.15) is 5.26 Å². The maximum Gasteiger partial charge on any atom is 0.287 e.